The highest BCUT2D eigenvalue weighted by atomic mass is 35.5. The van der Waals surface area contributed by atoms with E-state index in [4.69, 9.17) is 22.2 Å². The van der Waals surface area contributed by atoms with Crippen LogP contribution in [0.4, 0.5) is 5.82 Å². The lowest BCUT2D eigenvalue weighted by molar-refractivity contribution is 0.177. The molecule has 0 fully saturated rings. The van der Waals surface area contributed by atoms with Crippen molar-refractivity contribution in [3.05, 3.63) is 35.2 Å². The molecule has 0 atom stereocenters. The Kier molecular flexibility index (Phi) is 4.92. The fraction of sp³-hybridized carbons (Fsp3) is 0.182. The third kappa shape index (κ3) is 4.03. The summed E-state index contributed by atoms with van der Waals surface area (Å²) in [7, 11) is 1.58. The molecule has 0 spiro atoms. The number of pyridine rings is 1. The van der Waals surface area contributed by atoms with Crippen LogP contribution in [0.25, 0.3) is 0 Å². The number of anilines is 1. The first-order valence-electron chi connectivity index (χ1n) is 5.34. The molecular formula is C11H12ClN5OS. The largest absolute Gasteiger partial charge is 0.377 e. The first-order valence-corrected chi connectivity index (χ1v) is 6.53. The summed E-state index contributed by atoms with van der Waals surface area (Å²) in [5.41, 5.74) is 2.50. The highest BCUT2D eigenvalue weighted by Gasteiger charge is 2.06. The summed E-state index contributed by atoms with van der Waals surface area (Å²) < 4.78 is 5.01. The van der Waals surface area contributed by atoms with E-state index in [-0.39, 0.29) is 0 Å². The fourth-order valence-electron chi connectivity index (χ4n) is 1.32. The lowest BCUT2D eigenvalue weighted by Crippen LogP contribution is -2.11. The minimum Gasteiger partial charge on any atom is -0.377 e. The van der Waals surface area contributed by atoms with Crippen molar-refractivity contribution < 1.29 is 4.74 Å². The van der Waals surface area contributed by atoms with Gasteiger partial charge in [0.25, 0.3) is 0 Å². The zero-order chi connectivity index (χ0) is 13.7. The number of hydrazine groups is 1. The van der Waals surface area contributed by atoms with Gasteiger partial charge in [-0.2, -0.15) is 0 Å². The van der Waals surface area contributed by atoms with Crippen LogP contribution in [0.5, 0.6) is 0 Å². The number of hydrogen-bond acceptors (Lipinski definition) is 7. The number of nitrogens with zero attached hydrogens (tertiary/aromatic N) is 3. The Morgan fingerprint density at radius 2 is 2.21 bits per heavy atom. The summed E-state index contributed by atoms with van der Waals surface area (Å²) >= 11 is 7.18. The number of nitrogens with one attached hydrogen (secondary N) is 1. The zero-order valence-electron chi connectivity index (χ0n) is 10.1. The standard InChI is InChI=1S/C11H12ClN5OS/c1-18-6-9-15-8(17-13)4-11(16-9)19-10-3-2-7(12)5-14-10/h2-5H,6,13H2,1H3,(H,15,16,17). The van der Waals surface area contributed by atoms with Gasteiger partial charge in [0.15, 0.2) is 5.82 Å². The maximum absolute atomic E-state index is 5.79. The number of ether oxygens (including phenoxy) is 1. The van der Waals surface area contributed by atoms with E-state index in [2.05, 4.69) is 20.4 Å². The summed E-state index contributed by atoms with van der Waals surface area (Å²) in [6.07, 6.45) is 1.59. The predicted molar refractivity (Wildman–Crippen MR) is 73.9 cm³/mol. The van der Waals surface area contributed by atoms with Gasteiger partial charge in [-0.15, -0.1) is 0 Å². The van der Waals surface area contributed by atoms with Crippen molar-refractivity contribution in [2.75, 3.05) is 12.5 Å². The van der Waals surface area contributed by atoms with Gasteiger partial charge < -0.3 is 10.2 Å². The van der Waals surface area contributed by atoms with Gasteiger partial charge in [0, 0.05) is 19.4 Å². The molecule has 2 heterocycles. The van der Waals surface area contributed by atoms with Crippen LogP contribution >= 0.6 is 23.4 Å². The number of nitrogen functional groups attached to an aromatic ring is 1. The number of methoxy groups -OCH3 is 1. The zero-order valence-corrected chi connectivity index (χ0v) is 11.7. The lowest BCUT2D eigenvalue weighted by Gasteiger charge is -2.06. The Balaban J connectivity index is 2.23. The van der Waals surface area contributed by atoms with Crippen LogP contribution in [-0.4, -0.2) is 22.1 Å². The molecule has 3 N–H and O–H groups in total. The van der Waals surface area contributed by atoms with Gasteiger partial charge in [0.1, 0.15) is 22.5 Å². The Hall–Kier alpha value is -1.41. The number of rotatable bonds is 5. The normalized spacial score (nSPS) is 10.5. The first kappa shape index (κ1) is 14.0. The Morgan fingerprint density at radius 3 is 2.84 bits per heavy atom. The van der Waals surface area contributed by atoms with E-state index in [1.807, 2.05) is 6.07 Å². The summed E-state index contributed by atoms with van der Waals surface area (Å²) in [6, 6.07) is 5.33. The summed E-state index contributed by atoms with van der Waals surface area (Å²) in [5, 5.41) is 2.11. The Labute approximate surface area is 119 Å². The maximum atomic E-state index is 5.79. The van der Waals surface area contributed by atoms with E-state index < -0.39 is 0 Å². The number of halogens is 1. The van der Waals surface area contributed by atoms with Crippen molar-refractivity contribution in [3.8, 4) is 0 Å². The Morgan fingerprint density at radius 1 is 1.37 bits per heavy atom. The lowest BCUT2D eigenvalue weighted by atomic mass is 10.5. The average Bonchev–Trinajstić information content (AvgIpc) is 2.41. The summed E-state index contributed by atoms with van der Waals surface area (Å²) in [6.45, 7) is 0.317. The SMILES string of the molecule is COCc1nc(NN)cc(Sc2ccc(Cl)cn2)n1. The second-order valence-corrected chi connectivity index (χ2v) is 4.98. The molecule has 0 saturated heterocycles. The molecule has 0 saturated carbocycles. The van der Waals surface area contributed by atoms with E-state index in [1.165, 1.54) is 11.8 Å². The third-order valence-electron chi connectivity index (χ3n) is 2.08. The van der Waals surface area contributed by atoms with Crippen LogP contribution in [0.3, 0.4) is 0 Å². The molecule has 2 aromatic rings. The van der Waals surface area contributed by atoms with Crippen LogP contribution in [0, 0.1) is 0 Å². The maximum Gasteiger partial charge on any atom is 0.157 e. The van der Waals surface area contributed by atoms with Crippen molar-refractivity contribution in [2.45, 2.75) is 16.7 Å². The van der Waals surface area contributed by atoms with Gasteiger partial charge >= 0.3 is 0 Å². The second-order valence-electron chi connectivity index (χ2n) is 3.50. The third-order valence-corrected chi connectivity index (χ3v) is 3.17. The van der Waals surface area contributed by atoms with E-state index in [0.717, 1.165) is 10.1 Å². The molecule has 6 nitrogen and oxygen atoms in total. The molecule has 8 heteroatoms. The molecule has 0 aliphatic rings. The first-order chi connectivity index (χ1) is 9.21. The van der Waals surface area contributed by atoms with Gasteiger partial charge in [-0.1, -0.05) is 11.6 Å². The van der Waals surface area contributed by atoms with Crippen molar-refractivity contribution in [1.29, 1.82) is 0 Å². The topological polar surface area (TPSA) is 86.0 Å². The predicted octanol–water partition coefficient (Wildman–Crippen LogP) is 2.11. The minimum atomic E-state index is 0.317. The minimum absolute atomic E-state index is 0.317. The number of aromatic nitrogens is 3. The number of hydrogen-bond donors (Lipinski definition) is 2. The summed E-state index contributed by atoms with van der Waals surface area (Å²) in [5.74, 6) is 6.45. The van der Waals surface area contributed by atoms with Crippen molar-refractivity contribution in [1.82, 2.24) is 15.0 Å². The van der Waals surface area contributed by atoms with Crippen molar-refractivity contribution in [2.24, 2.45) is 5.84 Å². The molecule has 2 aromatic heterocycles. The molecule has 0 aliphatic carbocycles. The second kappa shape index (κ2) is 6.67. The van der Waals surface area contributed by atoms with Crippen molar-refractivity contribution >= 4 is 29.2 Å². The van der Waals surface area contributed by atoms with E-state index in [0.29, 0.717) is 23.3 Å². The van der Waals surface area contributed by atoms with E-state index >= 15 is 0 Å². The monoisotopic (exact) mass is 297 g/mol. The molecule has 19 heavy (non-hydrogen) atoms. The highest BCUT2D eigenvalue weighted by Crippen LogP contribution is 2.26. The van der Waals surface area contributed by atoms with Gasteiger partial charge in [0.05, 0.1) is 5.02 Å². The molecule has 0 radical (unpaired) electrons. The molecule has 0 unspecified atom stereocenters. The molecule has 2 rings (SSSR count). The van der Waals surface area contributed by atoms with Crippen LogP contribution < -0.4 is 11.3 Å². The fourth-order valence-corrected chi connectivity index (χ4v) is 2.21. The van der Waals surface area contributed by atoms with Gasteiger partial charge in [0.2, 0.25) is 0 Å². The molecule has 0 aromatic carbocycles. The van der Waals surface area contributed by atoms with Crippen molar-refractivity contribution in [3.63, 3.8) is 0 Å². The van der Waals surface area contributed by atoms with Gasteiger partial charge in [-0.25, -0.2) is 20.8 Å². The highest BCUT2D eigenvalue weighted by molar-refractivity contribution is 7.99. The van der Waals surface area contributed by atoms with E-state index in [1.54, 1.807) is 25.4 Å². The van der Waals surface area contributed by atoms with Crippen LogP contribution in [0.1, 0.15) is 5.82 Å². The molecule has 100 valence electrons. The van der Waals surface area contributed by atoms with Crippen LogP contribution in [0.2, 0.25) is 5.02 Å². The van der Waals surface area contributed by atoms with Gasteiger partial charge in [-0.3, -0.25) is 0 Å². The molecular weight excluding hydrogens is 286 g/mol. The van der Waals surface area contributed by atoms with Crippen LogP contribution in [0.15, 0.2) is 34.4 Å². The van der Waals surface area contributed by atoms with Crippen LogP contribution in [-0.2, 0) is 11.3 Å². The molecule has 0 aliphatic heterocycles. The average molecular weight is 298 g/mol. The summed E-state index contributed by atoms with van der Waals surface area (Å²) in [4.78, 5) is 12.7. The smallest absolute Gasteiger partial charge is 0.157 e. The molecule has 0 bridgehead atoms. The van der Waals surface area contributed by atoms with E-state index in [9.17, 15) is 0 Å². The number of nitrogens with two attached hydrogens (primary N) is 1. The molecule has 0 amide bonds. The quantitative estimate of drug-likeness (QED) is 0.496. The Bertz CT molecular complexity index is 551. The van der Waals surface area contributed by atoms with Gasteiger partial charge in [-0.05, 0) is 23.9 Å².